The van der Waals surface area contributed by atoms with Gasteiger partial charge in [0, 0.05) is 19.6 Å². The monoisotopic (exact) mass is 318 g/mol. The van der Waals surface area contributed by atoms with E-state index in [1.165, 1.54) is 22.7 Å². The van der Waals surface area contributed by atoms with Gasteiger partial charge in [0.2, 0.25) is 10.0 Å². The minimum atomic E-state index is -3.21. The Bertz CT molecular complexity index is 620. The third kappa shape index (κ3) is 3.91. The lowest BCUT2D eigenvalue weighted by Crippen LogP contribution is -2.41. The summed E-state index contributed by atoms with van der Waals surface area (Å²) in [5, 5.41) is 2.79. The van der Waals surface area contributed by atoms with Gasteiger partial charge in [-0.2, -0.15) is 0 Å². The highest BCUT2D eigenvalue weighted by atomic mass is 32.2. The van der Waals surface area contributed by atoms with Gasteiger partial charge in [-0.1, -0.05) is 6.07 Å². The summed E-state index contributed by atoms with van der Waals surface area (Å²) in [5.74, 6) is -1.17. The van der Waals surface area contributed by atoms with Gasteiger partial charge in [0.15, 0.2) is 5.82 Å². The normalized spacial score (nSPS) is 20.5. The van der Waals surface area contributed by atoms with E-state index >= 15 is 0 Å². The smallest absolute Gasteiger partial charge is 0.211 e. The van der Waals surface area contributed by atoms with Crippen molar-refractivity contribution in [1.29, 1.82) is 0 Å². The molecule has 118 valence electrons. The molecule has 1 atom stereocenters. The average molecular weight is 318 g/mol. The van der Waals surface area contributed by atoms with E-state index in [1.807, 2.05) is 0 Å². The molecule has 7 heteroatoms. The number of halogens is 2. The number of nitrogens with one attached hydrogen (secondary N) is 1. The molecule has 1 aromatic carbocycles. The molecule has 1 N–H and O–H groups in total. The van der Waals surface area contributed by atoms with Crippen LogP contribution in [-0.2, 0) is 10.0 Å². The third-order valence-electron chi connectivity index (χ3n) is 3.80. The van der Waals surface area contributed by atoms with E-state index in [9.17, 15) is 17.2 Å². The van der Waals surface area contributed by atoms with Crippen molar-refractivity contribution in [3.05, 3.63) is 29.3 Å². The van der Waals surface area contributed by atoms with Crippen LogP contribution in [0, 0.1) is 24.5 Å². The SMILES string of the molecule is Cc1ccc(F)c(NCC2CCCN(S(C)(=O)=O)C2)c1F. The molecular weight excluding hydrogens is 298 g/mol. The molecule has 1 aliphatic rings. The molecule has 1 aromatic rings. The first kappa shape index (κ1) is 16.2. The van der Waals surface area contributed by atoms with E-state index in [2.05, 4.69) is 5.32 Å². The Balaban J connectivity index is 2.02. The molecule has 0 aromatic heterocycles. The second-order valence-corrected chi connectivity index (χ2v) is 7.55. The fourth-order valence-electron chi connectivity index (χ4n) is 2.56. The van der Waals surface area contributed by atoms with Crippen LogP contribution < -0.4 is 5.32 Å². The third-order valence-corrected chi connectivity index (χ3v) is 5.07. The summed E-state index contributed by atoms with van der Waals surface area (Å²) in [6.07, 6.45) is 2.79. The second kappa shape index (κ2) is 6.27. The van der Waals surface area contributed by atoms with Crippen LogP contribution in [0.1, 0.15) is 18.4 Å². The number of benzene rings is 1. The highest BCUT2D eigenvalue weighted by Crippen LogP contribution is 2.24. The fourth-order valence-corrected chi connectivity index (χ4v) is 3.50. The summed E-state index contributed by atoms with van der Waals surface area (Å²) in [7, 11) is -3.21. The Labute approximate surface area is 124 Å². The number of nitrogens with zero attached hydrogens (tertiary/aromatic N) is 1. The van der Waals surface area contributed by atoms with Crippen LogP contribution in [0.3, 0.4) is 0 Å². The number of sulfonamides is 1. The first-order valence-electron chi connectivity index (χ1n) is 6.92. The van der Waals surface area contributed by atoms with Gasteiger partial charge in [-0.15, -0.1) is 0 Å². The van der Waals surface area contributed by atoms with Gasteiger partial charge < -0.3 is 5.32 Å². The zero-order chi connectivity index (χ0) is 15.6. The molecule has 0 bridgehead atoms. The van der Waals surface area contributed by atoms with Crippen LogP contribution in [0.15, 0.2) is 12.1 Å². The highest BCUT2D eigenvalue weighted by Gasteiger charge is 2.26. The van der Waals surface area contributed by atoms with E-state index in [-0.39, 0.29) is 11.6 Å². The lowest BCUT2D eigenvalue weighted by atomic mass is 9.99. The van der Waals surface area contributed by atoms with Crippen LogP contribution in [0.5, 0.6) is 0 Å². The standard InChI is InChI=1S/C14H20F2N2O2S/c1-10-5-6-12(15)14(13(10)16)17-8-11-4-3-7-18(9-11)21(2,19)20/h5-6,11,17H,3-4,7-9H2,1-2H3. The zero-order valence-electron chi connectivity index (χ0n) is 12.2. The van der Waals surface area contributed by atoms with Gasteiger partial charge in [0.25, 0.3) is 0 Å². The molecule has 1 aliphatic heterocycles. The minimum absolute atomic E-state index is 0.0489. The summed E-state index contributed by atoms with van der Waals surface area (Å²) in [6, 6.07) is 2.62. The van der Waals surface area contributed by atoms with Crippen molar-refractivity contribution in [2.75, 3.05) is 31.2 Å². The minimum Gasteiger partial charge on any atom is -0.380 e. The van der Waals surface area contributed by atoms with Crippen molar-refractivity contribution in [2.45, 2.75) is 19.8 Å². The predicted octanol–water partition coefficient (Wildman–Crippen LogP) is 2.36. The molecule has 2 rings (SSSR count). The first-order chi connectivity index (χ1) is 9.79. The molecule has 0 saturated carbocycles. The molecule has 0 spiro atoms. The first-order valence-corrected chi connectivity index (χ1v) is 8.77. The van der Waals surface area contributed by atoms with E-state index in [0.717, 1.165) is 12.8 Å². The van der Waals surface area contributed by atoms with Crippen molar-refractivity contribution < 1.29 is 17.2 Å². The number of aryl methyl sites for hydroxylation is 1. The number of hydrogen-bond acceptors (Lipinski definition) is 3. The molecule has 4 nitrogen and oxygen atoms in total. The van der Waals surface area contributed by atoms with Gasteiger partial charge in [-0.3, -0.25) is 0 Å². The summed E-state index contributed by atoms with van der Waals surface area (Å²) < 4.78 is 52.0. The number of anilines is 1. The Morgan fingerprint density at radius 3 is 2.76 bits per heavy atom. The van der Waals surface area contributed by atoms with Crippen molar-refractivity contribution in [2.24, 2.45) is 5.92 Å². The molecule has 1 unspecified atom stereocenters. The summed E-state index contributed by atoms with van der Waals surface area (Å²) >= 11 is 0. The molecule has 0 aliphatic carbocycles. The van der Waals surface area contributed by atoms with Gasteiger partial charge in [0.05, 0.1) is 6.26 Å². The maximum atomic E-state index is 13.9. The Morgan fingerprint density at radius 1 is 1.38 bits per heavy atom. The van der Waals surface area contributed by atoms with Crippen LogP contribution in [0.4, 0.5) is 14.5 Å². The number of hydrogen-bond donors (Lipinski definition) is 1. The van der Waals surface area contributed by atoms with Gasteiger partial charge in [0.1, 0.15) is 11.5 Å². The molecule has 0 amide bonds. The largest absolute Gasteiger partial charge is 0.380 e. The van der Waals surface area contributed by atoms with Crippen LogP contribution in [0.25, 0.3) is 0 Å². The zero-order valence-corrected chi connectivity index (χ0v) is 13.0. The molecule has 0 radical (unpaired) electrons. The van der Waals surface area contributed by atoms with Gasteiger partial charge >= 0.3 is 0 Å². The van der Waals surface area contributed by atoms with Crippen LogP contribution in [-0.4, -0.2) is 38.6 Å². The van der Waals surface area contributed by atoms with Crippen molar-refractivity contribution in [3.8, 4) is 0 Å². The Kier molecular flexibility index (Phi) is 4.83. The quantitative estimate of drug-likeness (QED) is 0.927. The molecule has 1 saturated heterocycles. The molecule has 21 heavy (non-hydrogen) atoms. The maximum Gasteiger partial charge on any atom is 0.211 e. The molecule has 1 heterocycles. The summed E-state index contributed by atoms with van der Waals surface area (Å²) in [5.41, 5.74) is 0.242. The molecular formula is C14H20F2N2O2S. The lowest BCUT2D eigenvalue weighted by Gasteiger charge is -2.31. The van der Waals surface area contributed by atoms with Crippen molar-refractivity contribution >= 4 is 15.7 Å². The highest BCUT2D eigenvalue weighted by molar-refractivity contribution is 7.88. The van der Waals surface area contributed by atoms with Crippen LogP contribution in [0.2, 0.25) is 0 Å². The van der Waals surface area contributed by atoms with Gasteiger partial charge in [-0.25, -0.2) is 21.5 Å². The van der Waals surface area contributed by atoms with Crippen molar-refractivity contribution in [3.63, 3.8) is 0 Å². The van der Waals surface area contributed by atoms with E-state index in [4.69, 9.17) is 0 Å². The Morgan fingerprint density at radius 2 is 2.10 bits per heavy atom. The summed E-state index contributed by atoms with van der Waals surface area (Å²) in [4.78, 5) is 0. The van der Waals surface area contributed by atoms with E-state index in [0.29, 0.717) is 25.2 Å². The van der Waals surface area contributed by atoms with E-state index < -0.39 is 21.7 Å². The lowest BCUT2D eigenvalue weighted by molar-refractivity contribution is 0.276. The predicted molar refractivity (Wildman–Crippen MR) is 78.7 cm³/mol. The maximum absolute atomic E-state index is 13.9. The Hall–Kier alpha value is -1.21. The number of rotatable bonds is 4. The number of piperidine rings is 1. The van der Waals surface area contributed by atoms with Crippen molar-refractivity contribution in [1.82, 2.24) is 4.31 Å². The van der Waals surface area contributed by atoms with E-state index in [1.54, 1.807) is 6.92 Å². The van der Waals surface area contributed by atoms with Gasteiger partial charge in [-0.05, 0) is 37.3 Å². The topological polar surface area (TPSA) is 49.4 Å². The van der Waals surface area contributed by atoms with Crippen LogP contribution >= 0.6 is 0 Å². The molecule has 1 fully saturated rings. The second-order valence-electron chi connectivity index (χ2n) is 5.56. The fraction of sp³-hybridized carbons (Fsp3) is 0.571. The average Bonchev–Trinajstić information content (AvgIpc) is 2.42. The summed E-state index contributed by atoms with van der Waals surface area (Å²) in [6.45, 7) is 2.83.